The number of amides is 1. The van der Waals surface area contributed by atoms with Crippen molar-refractivity contribution in [3.8, 4) is 5.75 Å². The highest BCUT2D eigenvalue weighted by atomic mass is 16.5. The van der Waals surface area contributed by atoms with E-state index in [0.29, 0.717) is 30.4 Å². The lowest BCUT2D eigenvalue weighted by molar-refractivity contribution is 0.0771. The number of benzene rings is 1. The molecule has 0 aliphatic carbocycles. The molecule has 1 saturated heterocycles. The molecule has 170 valence electrons. The van der Waals surface area contributed by atoms with Crippen molar-refractivity contribution in [1.29, 1.82) is 0 Å². The maximum atomic E-state index is 13.2. The van der Waals surface area contributed by atoms with Gasteiger partial charge in [-0.1, -0.05) is 6.07 Å². The Labute approximate surface area is 190 Å². The van der Waals surface area contributed by atoms with E-state index in [4.69, 9.17) is 9.47 Å². The molecule has 0 unspecified atom stereocenters. The van der Waals surface area contributed by atoms with Crippen LogP contribution in [-0.4, -0.2) is 65.6 Å². The zero-order valence-electron chi connectivity index (χ0n) is 19.0. The molecule has 2 aliphatic heterocycles. The van der Waals surface area contributed by atoms with Gasteiger partial charge in [-0.05, 0) is 76.0 Å². The zero-order valence-corrected chi connectivity index (χ0v) is 19.0. The Balaban J connectivity index is 1.29. The molecule has 0 radical (unpaired) electrons. The van der Waals surface area contributed by atoms with Crippen LogP contribution in [0.1, 0.15) is 53.3 Å². The summed E-state index contributed by atoms with van der Waals surface area (Å²) in [6.45, 7) is 6.17. The number of rotatable bonds is 8. The number of aryl methyl sites for hydroxylation is 1. The van der Waals surface area contributed by atoms with Crippen LogP contribution in [0.25, 0.3) is 0 Å². The molecule has 3 heterocycles. The van der Waals surface area contributed by atoms with Crippen molar-refractivity contribution in [1.82, 2.24) is 19.8 Å². The van der Waals surface area contributed by atoms with Crippen LogP contribution < -0.4 is 4.74 Å². The fourth-order valence-electron chi connectivity index (χ4n) is 4.42. The third kappa shape index (κ3) is 5.34. The van der Waals surface area contributed by atoms with Crippen molar-refractivity contribution in [3.63, 3.8) is 0 Å². The number of aromatic nitrogens is 2. The molecule has 7 heteroatoms. The molecule has 0 bridgehead atoms. The smallest absolute Gasteiger partial charge is 0.261 e. The summed E-state index contributed by atoms with van der Waals surface area (Å²) in [6.07, 6.45) is 9.48. The molecular formula is C25H32N4O3. The van der Waals surface area contributed by atoms with Gasteiger partial charge in [0.1, 0.15) is 17.8 Å². The molecule has 1 fully saturated rings. The monoisotopic (exact) mass is 436 g/mol. The highest BCUT2D eigenvalue weighted by Gasteiger charge is 2.26. The minimum absolute atomic E-state index is 0.0236. The van der Waals surface area contributed by atoms with E-state index in [2.05, 4.69) is 14.9 Å². The van der Waals surface area contributed by atoms with Crippen molar-refractivity contribution < 1.29 is 14.3 Å². The summed E-state index contributed by atoms with van der Waals surface area (Å²) < 4.78 is 11.1. The number of hydrogen-bond donors (Lipinski definition) is 0. The maximum Gasteiger partial charge on any atom is 0.261 e. The molecule has 1 aromatic carbocycles. The Kier molecular flexibility index (Phi) is 7.50. The molecule has 0 spiro atoms. The number of piperidine rings is 1. The van der Waals surface area contributed by atoms with Crippen molar-refractivity contribution >= 4 is 5.91 Å². The number of fused-ring (bicyclic) bond motifs is 1. The van der Waals surface area contributed by atoms with Gasteiger partial charge in [0.15, 0.2) is 0 Å². The van der Waals surface area contributed by atoms with Crippen LogP contribution in [0.3, 0.4) is 0 Å². The van der Waals surface area contributed by atoms with Crippen LogP contribution in [0.2, 0.25) is 0 Å². The van der Waals surface area contributed by atoms with Gasteiger partial charge >= 0.3 is 0 Å². The molecule has 2 aliphatic rings. The fraction of sp³-hybridized carbons (Fsp3) is 0.480. The normalized spacial score (nSPS) is 17.5. The van der Waals surface area contributed by atoms with Gasteiger partial charge in [-0.15, -0.1) is 0 Å². The molecule has 32 heavy (non-hydrogen) atoms. The number of carbonyl (C=O) groups excluding carboxylic acids is 1. The second-order valence-electron chi connectivity index (χ2n) is 8.55. The summed E-state index contributed by atoms with van der Waals surface area (Å²) >= 11 is 0. The van der Waals surface area contributed by atoms with Crippen LogP contribution in [-0.2, 0) is 4.74 Å². The first kappa shape index (κ1) is 22.4. The van der Waals surface area contributed by atoms with Gasteiger partial charge < -0.3 is 19.3 Å². The Morgan fingerprint density at radius 3 is 2.62 bits per heavy atom. The molecular weight excluding hydrogens is 404 g/mol. The van der Waals surface area contributed by atoms with E-state index in [-0.39, 0.29) is 5.91 Å². The lowest BCUT2D eigenvalue weighted by atomic mass is 9.96. The summed E-state index contributed by atoms with van der Waals surface area (Å²) in [5.41, 5.74) is 2.42. The Morgan fingerprint density at radius 2 is 1.88 bits per heavy atom. The number of likely N-dealkylation sites (tertiary alicyclic amines) is 1. The number of unbranched alkanes of at least 4 members (excludes halogenated alkanes) is 1. The van der Waals surface area contributed by atoms with Crippen LogP contribution >= 0.6 is 0 Å². The van der Waals surface area contributed by atoms with Crippen molar-refractivity contribution in [3.05, 3.63) is 65.6 Å². The standard InChI is InChI=1S/C25H32N4O3/c1-19-6-7-22-23(16-19)32-18-21(17-31-2)29(25(22)30)13-4-3-12-28-14-8-20(9-15-28)24-26-10-5-11-27-24/h5-7,10-11,16,18,20H,3-4,8-9,12-15,17H2,1-2H3. The van der Waals surface area contributed by atoms with Gasteiger partial charge in [0.2, 0.25) is 0 Å². The van der Waals surface area contributed by atoms with Gasteiger partial charge in [0, 0.05) is 32.0 Å². The fourth-order valence-corrected chi connectivity index (χ4v) is 4.42. The average Bonchev–Trinajstić information content (AvgIpc) is 2.94. The first-order valence-corrected chi connectivity index (χ1v) is 11.4. The molecule has 2 aromatic rings. The highest BCUT2D eigenvalue weighted by Crippen LogP contribution is 2.28. The summed E-state index contributed by atoms with van der Waals surface area (Å²) in [6, 6.07) is 7.57. The molecule has 0 atom stereocenters. The van der Waals surface area contributed by atoms with Gasteiger partial charge in [0.25, 0.3) is 5.91 Å². The number of hydrogen-bond acceptors (Lipinski definition) is 6. The molecule has 4 rings (SSSR count). The highest BCUT2D eigenvalue weighted by molar-refractivity contribution is 5.98. The van der Waals surface area contributed by atoms with E-state index in [9.17, 15) is 4.79 Å². The van der Waals surface area contributed by atoms with Gasteiger partial charge in [-0.25, -0.2) is 9.97 Å². The first-order chi connectivity index (χ1) is 15.7. The quantitative estimate of drug-likeness (QED) is 0.587. The Bertz CT molecular complexity index is 939. The van der Waals surface area contributed by atoms with Gasteiger partial charge in [-0.3, -0.25) is 4.79 Å². The minimum atomic E-state index is -0.0236. The zero-order chi connectivity index (χ0) is 22.3. The second-order valence-corrected chi connectivity index (χ2v) is 8.55. The lowest BCUT2D eigenvalue weighted by Gasteiger charge is -2.31. The van der Waals surface area contributed by atoms with E-state index < -0.39 is 0 Å². The van der Waals surface area contributed by atoms with E-state index in [1.807, 2.05) is 48.5 Å². The van der Waals surface area contributed by atoms with E-state index in [1.165, 1.54) is 0 Å². The van der Waals surface area contributed by atoms with Crippen LogP contribution in [0.15, 0.2) is 48.6 Å². The summed E-state index contributed by atoms with van der Waals surface area (Å²) in [5, 5.41) is 0. The predicted octanol–water partition coefficient (Wildman–Crippen LogP) is 3.77. The van der Waals surface area contributed by atoms with Gasteiger partial charge in [0.05, 0.1) is 17.9 Å². The largest absolute Gasteiger partial charge is 0.462 e. The molecule has 1 amide bonds. The van der Waals surface area contributed by atoms with Crippen molar-refractivity contribution in [2.75, 3.05) is 39.9 Å². The lowest BCUT2D eigenvalue weighted by Crippen LogP contribution is -2.35. The Morgan fingerprint density at radius 1 is 1.12 bits per heavy atom. The summed E-state index contributed by atoms with van der Waals surface area (Å²) in [4.78, 5) is 26.4. The molecule has 0 N–H and O–H groups in total. The van der Waals surface area contributed by atoms with Crippen LogP contribution in [0.5, 0.6) is 5.75 Å². The number of nitrogens with zero attached hydrogens (tertiary/aromatic N) is 4. The van der Waals surface area contributed by atoms with Gasteiger partial charge in [-0.2, -0.15) is 0 Å². The van der Waals surface area contributed by atoms with E-state index >= 15 is 0 Å². The van der Waals surface area contributed by atoms with E-state index in [0.717, 1.165) is 62.4 Å². The Hall–Kier alpha value is -2.77. The molecule has 7 nitrogen and oxygen atoms in total. The van der Waals surface area contributed by atoms with E-state index in [1.54, 1.807) is 13.4 Å². The third-order valence-corrected chi connectivity index (χ3v) is 6.22. The maximum absolute atomic E-state index is 13.2. The number of ether oxygens (including phenoxy) is 2. The number of carbonyl (C=O) groups is 1. The second kappa shape index (κ2) is 10.7. The minimum Gasteiger partial charge on any atom is -0.462 e. The first-order valence-electron chi connectivity index (χ1n) is 11.4. The SMILES string of the molecule is COCC1=COc2cc(C)ccc2C(=O)N1CCCCN1CCC(c2ncccn2)CC1. The predicted molar refractivity (Wildman–Crippen MR) is 122 cm³/mol. The van der Waals surface area contributed by atoms with Crippen LogP contribution in [0, 0.1) is 6.92 Å². The molecule has 0 saturated carbocycles. The van der Waals surface area contributed by atoms with Crippen molar-refractivity contribution in [2.45, 2.75) is 38.5 Å². The molecule has 1 aromatic heterocycles. The average molecular weight is 437 g/mol. The van der Waals surface area contributed by atoms with Crippen molar-refractivity contribution in [2.24, 2.45) is 0 Å². The summed E-state index contributed by atoms with van der Waals surface area (Å²) in [5.74, 6) is 2.02. The third-order valence-electron chi connectivity index (χ3n) is 6.22. The summed E-state index contributed by atoms with van der Waals surface area (Å²) in [7, 11) is 1.63. The topological polar surface area (TPSA) is 67.8 Å². The number of methoxy groups -OCH3 is 1. The van der Waals surface area contributed by atoms with Crippen LogP contribution in [0.4, 0.5) is 0 Å².